The number of nitrogens with one attached hydrogen (secondary N) is 2. The maximum absolute atomic E-state index is 12.4. The molecule has 0 saturated carbocycles. The molecule has 0 spiro atoms. The lowest BCUT2D eigenvalue weighted by Gasteiger charge is -2.02. The molecule has 0 unspecified atom stereocenters. The Morgan fingerprint density at radius 2 is 1.97 bits per heavy atom. The van der Waals surface area contributed by atoms with Gasteiger partial charge in [0.2, 0.25) is 27.1 Å². The number of nitrogens with zero attached hydrogens (tertiary/aromatic N) is 4. The number of hydrogen-bond donors (Lipinski definition) is 2. The van der Waals surface area contributed by atoms with Crippen LogP contribution in [0, 0.1) is 5.92 Å². The first kappa shape index (κ1) is 21.8. The second kappa shape index (κ2) is 9.28. The third-order valence-corrected chi connectivity index (χ3v) is 6.30. The lowest BCUT2D eigenvalue weighted by Crippen LogP contribution is -2.23. The largest absolute Gasteiger partial charge is 0.494 e. The smallest absolute Gasteiger partial charge is 0.270 e. The van der Waals surface area contributed by atoms with Gasteiger partial charge in [0.05, 0.1) is 13.2 Å². The molecule has 0 saturated heterocycles. The van der Waals surface area contributed by atoms with Crippen molar-refractivity contribution >= 4 is 32.4 Å². The quantitative estimate of drug-likeness (QED) is 0.465. The average molecular weight is 453 g/mol. The summed E-state index contributed by atoms with van der Waals surface area (Å²) in [4.78, 5) is 15.9. The molecule has 0 aliphatic rings. The van der Waals surface area contributed by atoms with E-state index in [4.69, 9.17) is 9.26 Å². The molecule has 2 N–H and O–H groups in total. The molecule has 3 rings (SSSR count). The summed E-state index contributed by atoms with van der Waals surface area (Å²) >= 11 is 0.745. The Morgan fingerprint density at radius 3 is 2.63 bits per heavy atom. The van der Waals surface area contributed by atoms with Crippen molar-refractivity contribution in [1.82, 2.24) is 25.1 Å². The number of benzene rings is 1. The lowest BCUT2D eigenvalue weighted by atomic mass is 10.2. The third-order valence-electron chi connectivity index (χ3n) is 3.70. The zero-order valence-electron chi connectivity index (χ0n) is 16.4. The van der Waals surface area contributed by atoms with Crippen molar-refractivity contribution in [2.45, 2.75) is 31.7 Å². The van der Waals surface area contributed by atoms with E-state index in [-0.39, 0.29) is 33.7 Å². The summed E-state index contributed by atoms with van der Waals surface area (Å²) in [5, 5.41) is 13.8. The first-order valence-electron chi connectivity index (χ1n) is 8.98. The van der Waals surface area contributed by atoms with Crippen molar-refractivity contribution in [2.75, 3.05) is 11.9 Å². The Kier molecular flexibility index (Phi) is 6.74. The molecule has 0 fully saturated rings. The number of hydrogen-bond acceptors (Lipinski definition) is 10. The highest BCUT2D eigenvalue weighted by Gasteiger charge is 2.22. The number of carbonyl (C=O) groups excluding carboxylic acids is 1. The monoisotopic (exact) mass is 452 g/mol. The summed E-state index contributed by atoms with van der Waals surface area (Å²) in [6.07, 6.45) is 0. The SMILES string of the molecule is CCOc1ccc(-c2noc(CNS(=O)(=O)c3nnc(NC(=O)C(C)C)s3)n2)cc1. The fourth-order valence-corrected chi connectivity index (χ4v) is 4.07. The molecule has 2 aromatic heterocycles. The molecule has 13 heteroatoms. The van der Waals surface area contributed by atoms with E-state index in [1.165, 1.54) is 0 Å². The van der Waals surface area contributed by atoms with Crippen molar-refractivity contribution in [1.29, 1.82) is 0 Å². The van der Waals surface area contributed by atoms with E-state index in [1.54, 1.807) is 38.1 Å². The minimum Gasteiger partial charge on any atom is -0.494 e. The number of amides is 1. The lowest BCUT2D eigenvalue weighted by molar-refractivity contribution is -0.118. The summed E-state index contributed by atoms with van der Waals surface area (Å²) in [5.41, 5.74) is 0.700. The van der Waals surface area contributed by atoms with Gasteiger partial charge in [0.15, 0.2) is 0 Å². The van der Waals surface area contributed by atoms with Crippen LogP contribution in [0.25, 0.3) is 11.4 Å². The molecule has 1 amide bonds. The molecule has 0 atom stereocenters. The van der Waals surface area contributed by atoms with Gasteiger partial charge in [-0.05, 0) is 31.2 Å². The van der Waals surface area contributed by atoms with Crippen molar-refractivity contribution in [3.8, 4) is 17.1 Å². The molecule has 160 valence electrons. The summed E-state index contributed by atoms with van der Waals surface area (Å²) < 4.78 is 37.3. The van der Waals surface area contributed by atoms with E-state index in [1.807, 2.05) is 6.92 Å². The molecule has 0 bridgehead atoms. The molecule has 0 radical (unpaired) electrons. The maximum atomic E-state index is 12.4. The van der Waals surface area contributed by atoms with Gasteiger partial charge >= 0.3 is 0 Å². The van der Waals surface area contributed by atoms with Gasteiger partial charge in [0.1, 0.15) is 5.75 Å². The van der Waals surface area contributed by atoms with E-state index < -0.39 is 10.0 Å². The Hall–Kier alpha value is -2.90. The van der Waals surface area contributed by atoms with E-state index in [0.29, 0.717) is 18.0 Å². The molecule has 1 aromatic carbocycles. The van der Waals surface area contributed by atoms with E-state index in [0.717, 1.165) is 17.1 Å². The van der Waals surface area contributed by atoms with Crippen LogP contribution in [-0.4, -0.2) is 41.3 Å². The van der Waals surface area contributed by atoms with Crippen LogP contribution in [0.4, 0.5) is 5.13 Å². The van der Waals surface area contributed by atoms with Crippen LogP contribution < -0.4 is 14.8 Å². The third kappa shape index (κ3) is 5.37. The average Bonchev–Trinajstić information content (AvgIpc) is 3.37. The zero-order valence-corrected chi connectivity index (χ0v) is 18.1. The summed E-state index contributed by atoms with van der Waals surface area (Å²) in [6, 6.07) is 7.11. The molecule has 0 aliphatic heterocycles. The van der Waals surface area contributed by atoms with Crippen molar-refractivity contribution < 1.29 is 22.5 Å². The number of rotatable bonds is 9. The number of anilines is 1. The van der Waals surface area contributed by atoms with Crippen LogP contribution in [0.5, 0.6) is 5.75 Å². The molecule has 30 heavy (non-hydrogen) atoms. The Balaban J connectivity index is 1.62. The highest BCUT2D eigenvalue weighted by molar-refractivity contribution is 7.91. The van der Waals surface area contributed by atoms with Gasteiger partial charge in [-0.2, -0.15) is 9.71 Å². The molecular formula is C17H20N6O5S2. The number of aromatic nitrogens is 4. The zero-order chi connectivity index (χ0) is 21.7. The second-order valence-corrected chi connectivity index (χ2v) is 9.23. The number of sulfonamides is 1. The summed E-state index contributed by atoms with van der Waals surface area (Å²) in [7, 11) is -3.96. The predicted molar refractivity (Wildman–Crippen MR) is 108 cm³/mol. The fraction of sp³-hybridized carbons (Fsp3) is 0.353. The van der Waals surface area contributed by atoms with Crippen LogP contribution in [0.3, 0.4) is 0 Å². The standard InChI is InChI=1S/C17H20N6O5S2/c1-4-27-12-7-5-11(6-8-12)14-19-13(28-23-14)9-18-30(25,26)17-22-21-16(29-17)20-15(24)10(2)3/h5-8,10,18H,4,9H2,1-3H3,(H,20,21,24). The summed E-state index contributed by atoms with van der Waals surface area (Å²) in [6.45, 7) is 5.65. The number of carbonyl (C=O) groups is 1. The van der Waals surface area contributed by atoms with E-state index in [2.05, 4.69) is 30.4 Å². The summed E-state index contributed by atoms with van der Waals surface area (Å²) in [5.74, 6) is 0.575. The molecule has 2 heterocycles. The van der Waals surface area contributed by atoms with Gasteiger partial charge in [-0.15, -0.1) is 10.2 Å². The Morgan fingerprint density at radius 1 is 1.23 bits per heavy atom. The minimum atomic E-state index is -3.96. The van der Waals surface area contributed by atoms with Gasteiger partial charge in [0.25, 0.3) is 10.0 Å². The van der Waals surface area contributed by atoms with E-state index in [9.17, 15) is 13.2 Å². The molecule has 0 aliphatic carbocycles. The van der Waals surface area contributed by atoms with Gasteiger partial charge in [-0.25, -0.2) is 8.42 Å². The number of ether oxygens (including phenoxy) is 1. The van der Waals surface area contributed by atoms with Gasteiger partial charge in [0, 0.05) is 11.5 Å². The van der Waals surface area contributed by atoms with Gasteiger partial charge < -0.3 is 14.6 Å². The van der Waals surface area contributed by atoms with Crippen LogP contribution in [-0.2, 0) is 21.4 Å². The topological polar surface area (TPSA) is 149 Å². The Bertz CT molecular complexity index is 1110. The van der Waals surface area contributed by atoms with E-state index >= 15 is 0 Å². The highest BCUT2D eigenvalue weighted by atomic mass is 32.2. The van der Waals surface area contributed by atoms with Crippen LogP contribution >= 0.6 is 11.3 Å². The van der Waals surface area contributed by atoms with Crippen LogP contribution in [0.15, 0.2) is 33.1 Å². The predicted octanol–water partition coefficient (Wildman–Crippen LogP) is 2.06. The normalized spacial score (nSPS) is 11.6. The Labute approximate surface area is 176 Å². The van der Waals surface area contributed by atoms with Crippen LogP contribution in [0.2, 0.25) is 0 Å². The van der Waals surface area contributed by atoms with Crippen molar-refractivity contribution in [3.63, 3.8) is 0 Å². The second-order valence-electron chi connectivity index (χ2n) is 6.31. The minimum absolute atomic E-state index is 0.0836. The maximum Gasteiger partial charge on any atom is 0.270 e. The molecular weight excluding hydrogens is 432 g/mol. The first-order valence-corrected chi connectivity index (χ1v) is 11.3. The first-order chi connectivity index (χ1) is 14.3. The van der Waals surface area contributed by atoms with Gasteiger partial charge in [-0.3, -0.25) is 4.79 Å². The molecule has 11 nitrogen and oxygen atoms in total. The molecule has 3 aromatic rings. The van der Waals surface area contributed by atoms with Crippen molar-refractivity contribution in [2.24, 2.45) is 5.92 Å². The van der Waals surface area contributed by atoms with Gasteiger partial charge in [-0.1, -0.05) is 30.3 Å². The highest BCUT2D eigenvalue weighted by Crippen LogP contribution is 2.22. The van der Waals surface area contributed by atoms with Crippen LogP contribution in [0.1, 0.15) is 26.7 Å². The fourth-order valence-electron chi connectivity index (χ4n) is 2.15. The van der Waals surface area contributed by atoms with Crippen molar-refractivity contribution in [3.05, 3.63) is 30.2 Å².